The standard InChI is InChI=1S/C6H11N3O2S/c1-4(10)3-12-6-9-8-5(2-7)11-6/h4,10H,2-3,7H2,1H3. The Morgan fingerprint density at radius 3 is 2.92 bits per heavy atom. The molecule has 1 rings (SSSR count). The molecule has 1 atom stereocenters. The first-order valence-electron chi connectivity index (χ1n) is 3.55. The Morgan fingerprint density at radius 2 is 2.42 bits per heavy atom. The summed E-state index contributed by atoms with van der Waals surface area (Å²) >= 11 is 1.32. The predicted molar refractivity (Wildman–Crippen MR) is 44.6 cm³/mol. The van der Waals surface area contributed by atoms with E-state index in [-0.39, 0.29) is 12.6 Å². The van der Waals surface area contributed by atoms with E-state index in [0.717, 1.165) is 0 Å². The molecule has 0 aliphatic heterocycles. The molecule has 0 amide bonds. The van der Waals surface area contributed by atoms with Crippen molar-refractivity contribution in [3.05, 3.63) is 5.89 Å². The lowest BCUT2D eigenvalue weighted by atomic mass is 10.5. The summed E-state index contributed by atoms with van der Waals surface area (Å²) in [5.74, 6) is 0.967. The van der Waals surface area contributed by atoms with Gasteiger partial charge in [0, 0.05) is 5.75 Å². The highest BCUT2D eigenvalue weighted by atomic mass is 32.2. The zero-order valence-corrected chi connectivity index (χ0v) is 7.54. The highest BCUT2D eigenvalue weighted by molar-refractivity contribution is 7.99. The molecular weight excluding hydrogens is 178 g/mol. The maximum atomic E-state index is 8.94. The van der Waals surface area contributed by atoms with Crippen molar-refractivity contribution in [2.24, 2.45) is 5.73 Å². The van der Waals surface area contributed by atoms with Gasteiger partial charge in [0.05, 0.1) is 12.6 Å². The molecule has 0 aliphatic rings. The number of thioether (sulfide) groups is 1. The summed E-state index contributed by atoms with van der Waals surface area (Å²) in [6, 6.07) is 0. The molecule has 6 heteroatoms. The molecule has 68 valence electrons. The molecular formula is C6H11N3O2S. The SMILES string of the molecule is CC(O)CSc1nnc(CN)o1. The Kier molecular flexibility index (Phi) is 3.51. The van der Waals surface area contributed by atoms with E-state index in [2.05, 4.69) is 10.2 Å². The Hall–Kier alpha value is -0.590. The maximum absolute atomic E-state index is 8.94. The molecule has 1 aromatic rings. The summed E-state index contributed by atoms with van der Waals surface area (Å²) < 4.78 is 5.09. The number of nitrogens with zero attached hydrogens (tertiary/aromatic N) is 2. The fourth-order valence-electron chi connectivity index (χ4n) is 0.571. The summed E-state index contributed by atoms with van der Waals surface area (Å²) in [6.07, 6.45) is -0.372. The van der Waals surface area contributed by atoms with Crippen LogP contribution in [0.3, 0.4) is 0 Å². The van der Waals surface area contributed by atoms with Crippen LogP contribution in [0.4, 0.5) is 0 Å². The molecule has 0 bridgehead atoms. The highest BCUT2D eigenvalue weighted by Crippen LogP contribution is 2.16. The fraction of sp³-hybridized carbons (Fsp3) is 0.667. The molecule has 0 saturated carbocycles. The Labute approximate surface area is 74.4 Å². The Morgan fingerprint density at radius 1 is 1.67 bits per heavy atom. The molecule has 1 unspecified atom stereocenters. The monoisotopic (exact) mass is 189 g/mol. The molecule has 1 heterocycles. The minimum Gasteiger partial charge on any atom is -0.415 e. The summed E-state index contributed by atoms with van der Waals surface area (Å²) in [5, 5.41) is 16.8. The summed E-state index contributed by atoms with van der Waals surface area (Å²) in [4.78, 5) is 0. The second-order valence-electron chi connectivity index (χ2n) is 2.33. The van der Waals surface area contributed by atoms with Crippen molar-refractivity contribution in [2.45, 2.75) is 24.8 Å². The van der Waals surface area contributed by atoms with Crippen LogP contribution in [0.1, 0.15) is 12.8 Å². The number of aliphatic hydroxyl groups is 1. The average molecular weight is 189 g/mol. The van der Waals surface area contributed by atoms with E-state index >= 15 is 0 Å². The number of aliphatic hydroxyl groups excluding tert-OH is 1. The molecule has 0 radical (unpaired) electrons. The van der Waals surface area contributed by atoms with E-state index in [1.807, 2.05) is 0 Å². The van der Waals surface area contributed by atoms with Crippen molar-refractivity contribution in [3.63, 3.8) is 0 Å². The lowest BCUT2D eigenvalue weighted by Crippen LogP contribution is -2.02. The molecule has 0 aliphatic carbocycles. The normalized spacial score (nSPS) is 13.2. The fourth-order valence-corrected chi connectivity index (χ4v) is 1.21. The van der Waals surface area contributed by atoms with Crippen molar-refractivity contribution >= 4 is 11.8 Å². The van der Waals surface area contributed by atoms with Crippen LogP contribution in [0.2, 0.25) is 0 Å². The van der Waals surface area contributed by atoms with E-state index in [1.54, 1.807) is 6.92 Å². The minimum absolute atomic E-state index is 0.252. The topological polar surface area (TPSA) is 85.2 Å². The Balaban J connectivity index is 2.41. The minimum atomic E-state index is -0.372. The summed E-state index contributed by atoms with van der Waals surface area (Å²) in [7, 11) is 0. The second kappa shape index (κ2) is 4.44. The molecule has 0 saturated heterocycles. The van der Waals surface area contributed by atoms with Gasteiger partial charge in [-0.3, -0.25) is 0 Å². The summed E-state index contributed by atoms with van der Waals surface area (Å²) in [6.45, 7) is 1.95. The van der Waals surface area contributed by atoms with Crippen LogP contribution in [0, 0.1) is 0 Å². The molecule has 3 N–H and O–H groups in total. The molecule has 0 fully saturated rings. The largest absolute Gasteiger partial charge is 0.415 e. The van der Waals surface area contributed by atoms with Crippen LogP contribution in [0.15, 0.2) is 9.64 Å². The van der Waals surface area contributed by atoms with Gasteiger partial charge in [0.1, 0.15) is 0 Å². The van der Waals surface area contributed by atoms with Gasteiger partial charge >= 0.3 is 0 Å². The third-order valence-corrected chi connectivity index (χ3v) is 2.13. The zero-order valence-electron chi connectivity index (χ0n) is 6.73. The maximum Gasteiger partial charge on any atom is 0.276 e. The van der Waals surface area contributed by atoms with Crippen molar-refractivity contribution in [1.82, 2.24) is 10.2 Å². The first-order valence-corrected chi connectivity index (χ1v) is 4.54. The van der Waals surface area contributed by atoms with Crippen LogP contribution >= 0.6 is 11.8 Å². The average Bonchev–Trinajstić information content (AvgIpc) is 2.48. The van der Waals surface area contributed by atoms with Gasteiger partial charge in [-0.25, -0.2) is 0 Å². The van der Waals surface area contributed by atoms with Crippen LogP contribution in [0.25, 0.3) is 0 Å². The molecule has 1 aromatic heterocycles. The van der Waals surface area contributed by atoms with Gasteiger partial charge in [-0.1, -0.05) is 11.8 Å². The predicted octanol–water partition coefficient (Wildman–Crippen LogP) is 0.00120. The number of hydrogen-bond acceptors (Lipinski definition) is 6. The first kappa shape index (κ1) is 9.50. The van der Waals surface area contributed by atoms with Crippen molar-refractivity contribution in [2.75, 3.05) is 5.75 Å². The first-order chi connectivity index (χ1) is 5.72. The van der Waals surface area contributed by atoms with Crippen LogP contribution < -0.4 is 5.73 Å². The smallest absolute Gasteiger partial charge is 0.276 e. The van der Waals surface area contributed by atoms with E-state index in [0.29, 0.717) is 16.9 Å². The van der Waals surface area contributed by atoms with E-state index in [9.17, 15) is 0 Å². The Bertz CT molecular complexity index is 238. The van der Waals surface area contributed by atoms with Crippen molar-refractivity contribution < 1.29 is 9.52 Å². The van der Waals surface area contributed by atoms with Crippen molar-refractivity contribution in [3.8, 4) is 0 Å². The number of nitrogens with two attached hydrogens (primary N) is 1. The van der Waals surface area contributed by atoms with Crippen LogP contribution in [-0.2, 0) is 6.54 Å². The number of rotatable bonds is 4. The quantitative estimate of drug-likeness (QED) is 0.648. The van der Waals surface area contributed by atoms with Gasteiger partial charge in [-0.05, 0) is 6.92 Å². The summed E-state index contributed by atoms with van der Waals surface area (Å²) in [5.41, 5.74) is 5.26. The lowest BCUT2D eigenvalue weighted by molar-refractivity contribution is 0.220. The molecule has 0 aromatic carbocycles. The highest BCUT2D eigenvalue weighted by Gasteiger charge is 2.05. The number of aromatic nitrogens is 2. The second-order valence-corrected chi connectivity index (χ2v) is 3.30. The van der Waals surface area contributed by atoms with Gasteiger partial charge in [0.15, 0.2) is 0 Å². The van der Waals surface area contributed by atoms with E-state index in [1.165, 1.54) is 11.8 Å². The lowest BCUT2D eigenvalue weighted by Gasteiger charge is -1.97. The molecule has 12 heavy (non-hydrogen) atoms. The van der Waals surface area contributed by atoms with Gasteiger partial charge in [0.25, 0.3) is 5.22 Å². The van der Waals surface area contributed by atoms with E-state index in [4.69, 9.17) is 15.3 Å². The van der Waals surface area contributed by atoms with Gasteiger partial charge in [0.2, 0.25) is 5.89 Å². The zero-order chi connectivity index (χ0) is 8.97. The number of hydrogen-bond donors (Lipinski definition) is 2. The third kappa shape index (κ3) is 2.80. The van der Waals surface area contributed by atoms with Crippen LogP contribution in [0.5, 0.6) is 0 Å². The van der Waals surface area contributed by atoms with E-state index < -0.39 is 0 Å². The van der Waals surface area contributed by atoms with Crippen molar-refractivity contribution in [1.29, 1.82) is 0 Å². The van der Waals surface area contributed by atoms with Gasteiger partial charge in [-0.2, -0.15) is 0 Å². The molecule has 5 nitrogen and oxygen atoms in total. The van der Waals surface area contributed by atoms with Gasteiger partial charge in [-0.15, -0.1) is 10.2 Å². The third-order valence-electron chi connectivity index (χ3n) is 1.07. The molecule has 0 spiro atoms. The van der Waals surface area contributed by atoms with Crippen LogP contribution in [-0.4, -0.2) is 27.2 Å². The van der Waals surface area contributed by atoms with Gasteiger partial charge < -0.3 is 15.3 Å².